The molecular formula is C21H25N3O3. The highest BCUT2D eigenvalue weighted by Gasteiger charge is 2.17. The van der Waals surface area contributed by atoms with Crippen LogP contribution in [-0.4, -0.2) is 23.9 Å². The van der Waals surface area contributed by atoms with Crippen molar-refractivity contribution in [1.82, 2.24) is 4.57 Å². The summed E-state index contributed by atoms with van der Waals surface area (Å²) >= 11 is 0. The van der Waals surface area contributed by atoms with Crippen LogP contribution in [0, 0.1) is 0 Å². The zero-order valence-electron chi connectivity index (χ0n) is 16.1. The highest BCUT2D eigenvalue weighted by molar-refractivity contribution is 6.02. The minimum atomic E-state index is -0.476. The predicted octanol–water partition coefficient (Wildman–Crippen LogP) is 4.88. The van der Waals surface area contributed by atoms with Gasteiger partial charge in [0.1, 0.15) is 5.75 Å². The van der Waals surface area contributed by atoms with Crippen molar-refractivity contribution in [3.8, 4) is 17.0 Å². The lowest BCUT2D eigenvalue weighted by Crippen LogP contribution is -2.17. The minimum Gasteiger partial charge on any atom is -0.497 e. The topological polar surface area (TPSA) is 78.5 Å². The number of methoxy groups -OCH3 is 1. The maximum atomic E-state index is 11.9. The van der Waals surface area contributed by atoms with Crippen molar-refractivity contribution in [2.45, 2.75) is 33.4 Å². The summed E-state index contributed by atoms with van der Waals surface area (Å²) in [7, 11) is 1.64. The number of nitrogen functional groups attached to an aromatic ring is 1. The Morgan fingerprint density at radius 2 is 2.00 bits per heavy atom. The van der Waals surface area contributed by atoms with Crippen molar-refractivity contribution in [2.24, 2.45) is 0 Å². The Hall–Kier alpha value is -3.15. The molecule has 0 aliphatic carbocycles. The van der Waals surface area contributed by atoms with Crippen molar-refractivity contribution < 1.29 is 14.3 Å². The zero-order valence-corrected chi connectivity index (χ0v) is 16.1. The Balaban J connectivity index is 2.06. The van der Waals surface area contributed by atoms with Gasteiger partial charge in [0, 0.05) is 23.2 Å². The molecule has 0 radical (unpaired) electrons. The van der Waals surface area contributed by atoms with Gasteiger partial charge in [0.2, 0.25) is 0 Å². The maximum absolute atomic E-state index is 11.9. The normalized spacial score (nSPS) is 11.0. The first-order chi connectivity index (χ1) is 12.9. The lowest BCUT2D eigenvalue weighted by Gasteiger charge is -2.12. The molecule has 0 bridgehead atoms. The van der Waals surface area contributed by atoms with Crippen molar-refractivity contribution >= 4 is 28.4 Å². The van der Waals surface area contributed by atoms with E-state index < -0.39 is 6.09 Å². The van der Waals surface area contributed by atoms with E-state index in [0.29, 0.717) is 11.4 Å². The van der Waals surface area contributed by atoms with Crippen LogP contribution in [0.2, 0.25) is 0 Å². The molecule has 1 amide bonds. The van der Waals surface area contributed by atoms with E-state index in [4.69, 9.17) is 15.2 Å². The summed E-state index contributed by atoms with van der Waals surface area (Å²) in [5.74, 6) is 0.765. The van der Waals surface area contributed by atoms with Crippen LogP contribution < -0.4 is 15.8 Å². The van der Waals surface area contributed by atoms with Crippen LogP contribution in [-0.2, 0) is 11.3 Å². The van der Waals surface area contributed by atoms with E-state index in [1.54, 1.807) is 7.11 Å². The number of fused-ring (bicyclic) bond motifs is 1. The molecule has 0 aliphatic heterocycles. The lowest BCUT2D eigenvalue weighted by atomic mass is 10.1. The number of hydrogen-bond donors (Lipinski definition) is 2. The number of aryl methyl sites for hydroxylation is 1. The number of anilines is 2. The fourth-order valence-corrected chi connectivity index (χ4v) is 3.23. The molecule has 0 saturated carbocycles. The fourth-order valence-electron chi connectivity index (χ4n) is 3.23. The number of carbonyl (C=O) groups is 1. The molecule has 6 heteroatoms. The summed E-state index contributed by atoms with van der Waals surface area (Å²) in [6, 6.07) is 13.5. The number of ether oxygens (including phenoxy) is 2. The Morgan fingerprint density at radius 1 is 1.22 bits per heavy atom. The second kappa shape index (κ2) is 7.61. The van der Waals surface area contributed by atoms with Crippen LogP contribution in [0.1, 0.15) is 20.8 Å². The number of nitrogens with two attached hydrogens (primary N) is 1. The smallest absolute Gasteiger partial charge is 0.411 e. The molecule has 142 valence electrons. The van der Waals surface area contributed by atoms with Crippen molar-refractivity contribution in [2.75, 3.05) is 18.2 Å². The number of rotatable bonds is 5. The third-order valence-electron chi connectivity index (χ3n) is 4.35. The largest absolute Gasteiger partial charge is 0.497 e. The Bertz CT molecular complexity index is 976. The third kappa shape index (κ3) is 3.69. The predicted molar refractivity (Wildman–Crippen MR) is 109 cm³/mol. The van der Waals surface area contributed by atoms with E-state index in [-0.39, 0.29) is 6.10 Å². The molecule has 0 saturated heterocycles. The van der Waals surface area contributed by atoms with Gasteiger partial charge in [0.05, 0.1) is 30.1 Å². The summed E-state index contributed by atoms with van der Waals surface area (Å²) in [4.78, 5) is 11.9. The van der Waals surface area contributed by atoms with Crippen molar-refractivity contribution in [3.05, 3.63) is 42.5 Å². The van der Waals surface area contributed by atoms with E-state index in [0.717, 1.165) is 34.5 Å². The van der Waals surface area contributed by atoms with Gasteiger partial charge in [-0.25, -0.2) is 4.79 Å². The van der Waals surface area contributed by atoms with Gasteiger partial charge in [0.15, 0.2) is 0 Å². The first-order valence-electron chi connectivity index (χ1n) is 8.98. The van der Waals surface area contributed by atoms with Crippen LogP contribution >= 0.6 is 0 Å². The van der Waals surface area contributed by atoms with Gasteiger partial charge >= 0.3 is 6.09 Å². The van der Waals surface area contributed by atoms with Crippen LogP contribution in [0.3, 0.4) is 0 Å². The lowest BCUT2D eigenvalue weighted by molar-refractivity contribution is 0.130. The van der Waals surface area contributed by atoms with Gasteiger partial charge in [-0.05, 0) is 51.1 Å². The summed E-state index contributed by atoms with van der Waals surface area (Å²) in [5, 5.41) is 3.71. The van der Waals surface area contributed by atoms with Crippen molar-refractivity contribution in [1.29, 1.82) is 0 Å². The molecule has 6 nitrogen and oxygen atoms in total. The molecule has 1 aromatic heterocycles. The highest BCUT2D eigenvalue weighted by atomic mass is 16.6. The van der Waals surface area contributed by atoms with Gasteiger partial charge in [0.25, 0.3) is 0 Å². The Kier molecular flexibility index (Phi) is 5.26. The molecule has 0 aliphatic rings. The molecule has 0 fully saturated rings. The molecular weight excluding hydrogens is 342 g/mol. The van der Waals surface area contributed by atoms with Gasteiger partial charge < -0.3 is 19.8 Å². The average molecular weight is 367 g/mol. The number of benzene rings is 2. The highest BCUT2D eigenvalue weighted by Crippen LogP contribution is 2.38. The molecule has 3 aromatic rings. The average Bonchev–Trinajstić information content (AvgIpc) is 2.92. The summed E-state index contributed by atoms with van der Waals surface area (Å²) in [5.41, 5.74) is 10.7. The number of carbonyl (C=O) groups excluding carboxylic acids is 1. The summed E-state index contributed by atoms with van der Waals surface area (Å²) < 4.78 is 12.6. The molecule has 3 rings (SSSR count). The van der Waals surface area contributed by atoms with Crippen LogP contribution in [0.4, 0.5) is 16.2 Å². The monoisotopic (exact) mass is 367 g/mol. The zero-order chi connectivity index (χ0) is 19.6. The Morgan fingerprint density at radius 3 is 2.67 bits per heavy atom. The summed E-state index contributed by atoms with van der Waals surface area (Å²) in [6.07, 6.45) is -0.655. The van der Waals surface area contributed by atoms with Crippen molar-refractivity contribution in [3.63, 3.8) is 0 Å². The maximum Gasteiger partial charge on any atom is 0.411 e. The molecule has 27 heavy (non-hydrogen) atoms. The van der Waals surface area contributed by atoms with Gasteiger partial charge in [-0.2, -0.15) is 0 Å². The quantitative estimate of drug-likeness (QED) is 0.674. The van der Waals surface area contributed by atoms with Gasteiger partial charge in [-0.1, -0.05) is 12.1 Å². The first-order valence-corrected chi connectivity index (χ1v) is 8.98. The third-order valence-corrected chi connectivity index (χ3v) is 4.35. The number of nitrogens with one attached hydrogen (secondary N) is 1. The number of hydrogen-bond acceptors (Lipinski definition) is 4. The minimum absolute atomic E-state index is 0.179. The molecule has 0 spiro atoms. The van der Waals surface area contributed by atoms with Gasteiger partial charge in [-0.15, -0.1) is 0 Å². The van der Waals surface area contributed by atoms with E-state index in [2.05, 4.69) is 16.8 Å². The number of amides is 1. The van der Waals surface area contributed by atoms with E-state index in [9.17, 15) is 4.79 Å². The van der Waals surface area contributed by atoms with E-state index in [1.807, 2.05) is 56.3 Å². The summed E-state index contributed by atoms with van der Waals surface area (Å²) in [6.45, 7) is 6.46. The van der Waals surface area contributed by atoms with Crippen LogP contribution in [0.15, 0.2) is 42.5 Å². The second-order valence-electron chi connectivity index (χ2n) is 6.55. The molecule has 1 heterocycles. The fraction of sp³-hybridized carbons (Fsp3) is 0.286. The molecule has 0 atom stereocenters. The number of nitrogens with zero attached hydrogens (tertiary/aromatic N) is 1. The van der Waals surface area contributed by atoms with E-state index >= 15 is 0 Å². The molecule has 2 aromatic carbocycles. The SMILES string of the molecule is CCn1c(-c2cccc(NC(=O)OC(C)C)c2)c(N)c2cc(OC)ccc21. The Labute approximate surface area is 158 Å². The van der Waals surface area contributed by atoms with Crippen LogP contribution in [0.25, 0.3) is 22.2 Å². The van der Waals surface area contributed by atoms with Crippen LogP contribution in [0.5, 0.6) is 5.75 Å². The first kappa shape index (κ1) is 18.6. The van der Waals surface area contributed by atoms with Gasteiger partial charge in [-0.3, -0.25) is 5.32 Å². The second-order valence-corrected chi connectivity index (χ2v) is 6.55. The number of aromatic nitrogens is 1. The standard InChI is InChI=1S/C21H25N3O3/c1-5-24-18-10-9-16(26-4)12-17(18)19(22)20(24)14-7-6-8-15(11-14)23-21(25)27-13(2)3/h6-13H,5,22H2,1-4H3,(H,23,25). The molecule has 0 unspecified atom stereocenters. The molecule has 3 N–H and O–H groups in total. The van der Waals surface area contributed by atoms with E-state index in [1.165, 1.54) is 0 Å².